The molecule has 0 saturated carbocycles. The Morgan fingerprint density at radius 3 is 2.63 bits per heavy atom. The van der Waals surface area contributed by atoms with E-state index in [4.69, 9.17) is 9.47 Å². The first-order valence-electron chi connectivity index (χ1n) is 9.24. The summed E-state index contributed by atoms with van der Waals surface area (Å²) < 4.78 is 10.9. The predicted octanol–water partition coefficient (Wildman–Crippen LogP) is 4.90. The fraction of sp³-hybridized carbons (Fsp3) is 0.429. The summed E-state index contributed by atoms with van der Waals surface area (Å²) >= 11 is 1.42. The second-order valence-corrected chi connectivity index (χ2v) is 7.44. The van der Waals surface area contributed by atoms with Crippen LogP contribution in [0.5, 0.6) is 5.75 Å². The Hall–Kier alpha value is -2.34. The molecule has 6 heteroatoms. The fourth-order valence-corrected chi connectivity index (χ4v) is 3.54. The predicted molar refractivity (Wildman–Crippen MR) is 109 cm³/mol. The third-order valence-electron chi connectivity index (χ3n) is 4.03. The van der Waals surface area contributed by atoms with E-state index < -0.39 is 5.97 Å². The molecule has 1 amide bonds. The van der Waals surface area contributed by atoms with Gasteiger partial charge in [0.1, 0.15) is 10.8 Å². The molecule has 1 N–H and O–H groups in total. The summed E-state index contributed by atoms with van der Waals surface area (Å²) in [6.45, 7) is 8.56. The van der Waals surface area contributed by atoms with Crippen molar-refractivity contribution >= 4 is 28.2 Å². The van der Waals surface area contributed by atoms with Gasteiger partial charge >= 0.3 is 5.97 Å². The number of rotatable bonds is 9. The van der Waals surface area contributed by atoms with Crippen molar-refractivity contribution in [1.82, 2.24) is 0 Å². The largest absolute Gasteiger partial charge is 0.493 e. The number of aryl methyl sites for hydroxylation is 3. The van der Waals surface area contributed by atoms with Gasteiger partial charge in [0, 0.05) is 11.3 Å². The number of carbonyl (C=O) groups excluding carboxylic acids is 2. The molecule has 5 nitrogen and oxygen atoms in total. The second-order valence-electron chi connectivity index (χ2n) is 6.30. The first-order valence-corrected chi connectivity index (χ1v) is 10.1. The van der Waals surface area contributed by atoms with E-state index in [0.717, 1.165) is 28.2 Å². The maximum atomic E-state index is 12.3. The lowest BCUT2D eigenvalue weighted by Crippen LogP contribution is -2.15. The van der Waals surface area contributed by atoms with E-state index in [0.29, 0.717) is 36.6 Å². The van der Waals surface area contributed by atoms with Gasteiger partial charge in [-0.05, 0) is 56.9 Å². The molecule has 0 saturated heterocycles. The molecule has 0 radical (unpaired) electrons. The zero-order valence-corrected chi connectivity index (χ0v) is 17.2. The van der Waals surface area contributed by atoms with Crippen LogP contribution in [-0.2, 0) is 16.0 Å². The van der Waals surface area contributed by atoms with Gasteiger partial charge in [-0.1, -0.05) is 19.1 Å². The lowest BCUT2D eigenvalue weighted by atomic mass is 10.1. The van der Waals surface area contributed by atoms with Gasteiger partial charge in [0.25, 0.3) is 0 Å². The number of ether oxygens (including phenoxy) is 2. The second kappa shape index (κ2) is 10.1. The highest BCUT2D eigenvalue weighted by Crippen LogP contribution is 2.29. The number of hydrogen-bond acceptors (Lipinski definition) is 5. The lowest BCUT2D eigenvalue weighted by molar-refractivity contribution is -0.116. The lowest BCUT2D eigenvalue weighted by Gasteiger charge is -2.10. The van der Waals surface area contributed by atoms with Crippen molar-refractivity contribution in [1.29, 1.82) is 0 Å². The minimum absolute atomic E-state index is 0.130. The average Bonchev–Trinajstić information content (AvgIpc) is 3.04. The molecule has 2 rings (SSSR count). The molecule has 1 aromatic heterocycles. The van der Waals surface area contributed by atoms with E-state index in [1.54, 1.807) is 13.0 Å². The van der Waals surface area contributed by atoms with Gasteiger partial charge in [-0.2, -0.15) is 0 Å². The Balaban J connectivity index is 1.87. The molecule has 27 heavy (non-hydrogen) atoms. The molecule has 0 atom stereocenters. The molecule has 2 aromatic rings. The molecular weight excluding hydrogens is 362 g/mol. The number of hydrogen-bond donors (Lipinski definition) is 1. The van der Waals surface area contributed by atoms with E-state index >= 15 is 0 Å². The van der Waals surface area contributed by atoms with Crippen LogP contribution in [0.2, 0.25) is 0 Å². The van der Waals surface area contributed by atoms with Crippen LogP contribution in [0.25, 0.3) is 0 Å². The number of thiophene rings is 1. The Morgan fingerprint density at radius 1 is 1.15 bits per heavy atom. The zero-order chi connectivity index (χ0) is 19.8. The Morgan fingerprint density at radius 2 is 1.93 bits per heavy atom. The van der Waals surface area contributed by atoms with Crippen molar-refractivity contribution in [3.05, 3.63) is 45.8 Å². The minimum atomic E-state index is -0.401. The summed E-state index contributed by atoms with van der Waals surface area (Å²) in [6, 6.07) is 7.86. The van der Waals surface area contributed by atoms with Crippen molar-refractivity contribution < 1.29 is 19.1 Å². The topological polar surface area (TPSA) is 64.6 Å². The molecule has 1 aromatic carbocycles. The fourth-order valence-electron chi connectivity index (χ4n) is 2.54. The first-order chi connectivity index (χ1) is 12.9. The van der Waals surface area contributed by atoms with Gasteiger partial charge in [0.2, 0.25) is 5.91 Å². The molecule has 0 aliphatic rings. The number of anilines is 1. The van der Waals surface area contributed by atoms with Crippen LogP contribution in [0.4, 0.5) is 5.00 Å². The first kappa shape index (κ1) is 21.0. The highest BCUT2D eigenvalue weighted by molar-refractivity contribution is 7.16. The van der Waals surface area contributed by atoms with Crippen molar-refractivity contribution in [2.24, 2.45) is 0 Å². The van der Waals surface area contributed by atoms with Crippen molar-refractivity contribution in [2.75, 3.05) is 18.5 Å². The van der Waals surface area contributed by atoms with E-state index in [1.165, 1.54) is 11.3 Å². The van der Waals surface area contributed by atoms with Crippen LogP contribution in [0, 0.1) is 13.8 Å². The van der Waals surface area contributed by atoms with Crippen molar-refractivity contribution in [3.8, 4) is 5.75 Å². The quantitative estimate of drug-likeness (QED) is 0.489. The monoisotopic (exact) mass is 389 g/mol. The summed E-state index contributed by atoms with van der Waals surface area (Å²) in [5.74, 6) is 0.322. The van der Waals surface area contributed by atoms with E-state index in [1.807, 2.05) is 39.0 Å². The summed E-state index contributed by atoms with van der Waals surface area (Å²) in [7, 11) is 0. The molecule has 0 bridgehead atoms. The SMILES string of the molecule is CCOC(=O)c1cc(CC)sc1NC(=O)CCCOc1cc(C)ccc1C. The van der Waals surface area contributed by atoms with Gasteiger partial charge < -0.3 is 14.8 Å². The molecule has 0 fully saturated rings. The number of esters is 1. The molecule has 1 heterocycles. The number of nitrogens with one attached hydrogen (secondary N) is 1. The van der Waals surface area contributed by atoms with Gasteiger partial charge in [0.05, 0.1) is 18.8 Å². The summed E-state index contributed by atoms with van der Waals surface area (Å²) in [6.07, 6.45) is 1.73. The van der Waals surface area contributed by atoms with Crippen LogP contribution < -0.4 is 10.1 Å². The van der Waals surface area contributed by atoms with Crippen molar-refractivity contribution in [3.63, 3.8) is 0 Å². The molecule has 0 unspecified atom stereocenters. The smallest absolute Gasteiger partial charge is 0.341 e. The van der Waals surface area contributed by atoms with Crippen LogP contribution in [-0.4, -0.2) is 25.1 Å². The van der Waals surface area contributed by atoms with E-state index in [2.05, 4.69) is 5.32 Å². The normalized spacial score (nSPS) is 10.5. The third-order valence-corrected chi connectivity index (χ3v) is 5.22. The Kier molecular flexibility index (Phi) is 7.85. The molecular formula is C21H27NO4S. The van der Waals surface area contributed by atoms with Gasteiger partial charge in [-0.25, -0.2) is 4.79 Å². The van der Waals surface area contributed by atoms with Crippen LogP contribution in [0.3, 0.4) is 0 Å². The Labute approximate surface area is 164 Å². The van der Waals surface area contributed by atoms with Gasteiger partial charge in [0.15, 0.2) is 0 Å². The molecule has 0 spiro atoms. The zero-order valence-electron chi connectivity index (χ0n) is 16.4. The highest BCUT2D eigenvalue weighted by atomic mass is 32.1. The molecule has 146 valence electrons. The van der Waals surface area contributed by atoms with Gasteiger partial charge in [-0.3, -0.25) is 4.79 Å². The standard InChI is InChI=1S/C21H27NO4S/c1-5-16-13-17(21(24)25-6-2)20(27-16)22-19(23)8-7-11-26-18-12-14(3)9-10-15(18)4/h9-10,12-13H,5-8,11H2,1-4H3,(H,22,23). The average molecular weight is 390 g/mol. The summed E-state index contributed by atoms with van der Waals surface area (Å²) in [4.78, 5) is 25.4. The number of benzene rings is 1. The van der Waals surface area contributed by atoms with Crippen LogP contribution >= 0.6 is 11.3 Å². The third kappa shape index (κ3) is 6.10. The maximum absolute atomic E-state index is 12.3. The molecule has 0 aliphatic heterocycles. The maximum Gasteiger partial charge on any atom is 0.341 e. The van der Waals surface area contributed by atoms with Crippen LogP contribution in [0.15, 0.2) is 24.3 Å². The summed E-state index contributed by atoms with van der Waals surface area (Å²) in [5, 5.41) is 3.41. The van der Waals surface area contributed by atoms with E-state index in [9.17, 15) is 9.59 Å². The number of amides is 1. The Bertz CT molecular complexity index is 797. The number of carbonyl (C=O) groups is 2. The van der Waals surface area contributed by atoms with Crippen LogP contribution in [0.1, 0.15) is 53.1 Å². The van der Waals surface area contributed by atoms with E-state index in [-0.39, 0.29) is 5.91 Å². The minimum Gasteiger partial charge on any atom is -0.493 e. The van der Waals surface area contributed by atoms with Crippen molar-refractivity contribution in [2.45, 2.75) is 47.0 Å². The van der Waals surface area contributed by atoms with Gasteiger partial charge in [-0.15, -0.1) is 11.3 Å². The summed E-state index contributed by atoms with van der Waals surface area (Å²) in [5.41, 5.74) is 2.65. The molecule has 0 aliphatic carbocycles. The highest BCUT2D eigenvalue weighted by Gasteiger charge is 2.18.